The molecule has 3 aliphatic heterocycles. The van der Waals surface area contributed by atoms with E-state index in [4.69, 9.17) is 11.2 Å². The number of anilines is 1. The first-order valence-electron chi connectivity index (χ1n) is 15.0. The van der Waals surface area contributed by atoms with E-state index in [1.165, 1.54) is 30.5 Å². The summed E-state index contributed by atoms with van der Waals surface area (Å²) in [4.78, 5) is 29.0. The van der Waals surface area contributed by atoms with Crippen molar-refractivity contribution in [1.82, 2.24) is 19.9 Å². The Morgan fingerprint density at radius 2 is 1.98 bits per heavy atom. The predicted octanol–water partition coefficient (Wildman–Crippen LogP) is 5.07. The number of carbonyl (C=O) groups is 1. The third-order valence-corrected chi connectivity index (χ3v) is 9.47. The number of fused-ring (bicyclic) bond motifs is 3. The molecule has 2 aromatic carbocycles. The lowest BCUT2D eigenvalue weighted by Gasteiger charge is -2.32. The summed E-state index contributed by atoms with van der Waals surface area (Å²) in [6, 6.07) is 5.20. The van der Waals surface area contributed by atoms with Crippen molar-refractivity contribution in [2.75, 3.05) is 37.7 Å². The second kappa shape index (κ2) is 11.1. The highest BCUT2D eigenvalue weighted by molar-refractivity contribution is 6.03. The molecule has 0 spiro atoms. The number of phenolic OH excluding ortho intramolecular Hbond substituents is 1. The molecule has 0 aliphatic carbocycles. The molecule has 2 N–H and O–H groups in total. The summed E-state index contributed by atoms with van der Waals surface area (Å²) in [7, 11) is 0. The molecule has 5 heterocycles. The minimum Gasteiger partial charge on any atom is -0.508 e. The zero-order valence-electron chi connectivity index (χ0n) is 24.3. The molecule has 2 aromatic heterocycles. The van der Waals surface area contributed by atoms with Crippen LogP contribution in [0.5, 0.6) is 11.8 Å². The molecule has 0 bridgehead atoms. The lowest BCUT2D eigenvalue weighted by atomic mass is 9.95. The minimum absolute atomic E-state index is 0.0854. The summed E-state index contributed by atoms with van der Waals surface area (Å²) in [6.07, 6.45) is 8.84. The van der Waals surface area contributed by atoms with Gasteiger partial charge in [-0.1, -0.05) is 12.0 Å². The van der Waals surface area contributed by atoms with E-state index in [0.29, 0.717) is 50.1 Å². The quantitative estimate of drug-likeness (QED) is 0.287. The Morgan fingerprint density at radius 3 is 2.73 bits per heavy atom. The number of aromatic hydroxyl groups is 1. The summed E-state index contributed by atoms with van der Waals surface area (Å²) in [5.74, 6) is -0.422. The van der Waals surface area contributed by atoms with Gasteiger partial charge >= 0.3 is 12.0 Å². The third kappa shape index (κ3) is 4.95. The second-order valence-electron chi connectivity index (χ2n) is 12.1. The van der Waals surface area contributed by atoms with Crippen LogP contribution >= 0.6 is 0 Å². The lowest BCUT2D eigenvalue weighted by Crippen LogP contribution is -2.43. The number of carboxylic acid groups (broad SMARTS) is 1. The van der Waals surface area contributed by atoms with Crippen LogP contribution in [-0.4, -0.2) is 80.5 Å². The topological polar surface area (TPSA) is 112 Å². The smallest absolute Gasteiger partial charge is 0.319 e. The molecular formula is C33H30F3N5O4. The molecule has 232 valence electrons. The van der Waals surface area contributed by atoms with Gasteiger partial charge in [0.25, 0.3) is 0 Å². The highest BCUT2D eigenvalue weighted by atomic mass is 19.1. The van der Waals surface area contributed by atoms with E-state index in [2.05, 4.69) is 25.8 Å². The van der Waals surface area contributed by atoms with Crippen molar-refractivity contribution >= 4 is 33.5 Å². The van der Waals surface area contributed by atoms with Crippen LogP contribution in [0, 0.1) is 29.9 Å². The Kier molecular flexibility index (Phi) is 7.16. The zero-order chi connectivity index (χ0) is 31.5. The number of ether oxygens (including phenoxy) is 1. The fraction of sp³-hybridized carbons (Fsp3) is 0.394. The number of nitrogens with zero attached hydrogens (tertiary/aromatic N) is 5. The van der Waals surface area contributed by atoms with Crippen LogP contribution in [0.2, 0.25) is 0 Å². The molecule has 12 heteroatoms. The normalized spacial score (nSPS) is 22.2. The van der Waals surface area contributed by atoms with Crippen LogP contribution in [0.4, 0.5) is 19.0 Å². The van der Waals surface area contributed by atoms with Gasteiger partial charge in [0.15, 0.2) is 5.82 Å². The number of hydrogen-bond acceptors (Lipinski definition) is 8. The van der Waals surface area contributed by atoms with E-state index in [1.54, 1.807) is 0 Å². The highest BCUT2D eigenvalue weighted by Crippen LogP contribution is 2.42. The molecule has 0 unspecified atom stereocenters. The molecule has 0 saturated carbocycles. The van der Waals surface area contributed by atoms with E-state index < -0.39 is 35.2 Å². The molecular weight excluding hydrogens is 587 g/mol. The number of terminal acetylenes is 1. The van der Waals surface area contributed by atoms with Crippen LogP contribution < -0.4 is 9.64 Å². The maximum absolute atomic E-state index is 16.7. The number of aromatic nitrogens is 3. The summed E-state index contributed by atoms with van der Waals surface area (Å²) in [6.45, 7) is 1.95. The van der Waals surface area contributed by atoms with Gasteiger partial charge in [0, 0.05) is 43.2 Å². The summed E-state index contributed by atoms with van der Waals surface area (Å²) in [5.41, 5.74) is -0.827. The number of phenols is 1. The van der Waals surface area contributed by atoms with E-state index in [-0.39, 0.29) is 51.5 Å². The van der Waals surface area contributed by atoms with Crippen molar-refractivity contribution in [3.8, 4) is 35.4 Å². The lowest BCUT2D eigenvalue weighted by molar-refractivity contribution is -0.142. The van der Waals surface area contributed by atoms with Gasteiger partial charge in [0.2, 0.25) is 0 Å². The number of carboxylic acids is 1. The van der Waals surface area contributed by atoms with Crippen LogP contribution in [0.3, 0.4) is 0 Å². The van der Waals surface area contributed by atoms with Gasteiger partial charge in [-0.3, -0.25) is 14.7 Å². The van der Waals surface area contributed by atoms with Crippen molar-refractivity contribution in [3.63, 3.8) is 0 Å². The van der Waals surface area contributed by atoms with Crippen LogP contribution in [0.1, 0.15) is 37.7 Å². The molecule has 3 aliphatic rings. The van der Waals surface area contributed by atoms with Gasteiger partial charge in [-0.25, -0.2) is 13.2 Å². The molecule has 9 nitrogen and oxygen atoms in total. The number of pyridine rings is 1. The number of benzene rings is 2. The van der Waals surface area contributed by atoms with Crippen molar-refractivity contribution < 1.29 is 32.9 Å². The number of piperidine rings is 1. The number of aliphatic carboxylic acids is 1. The van der Waals surface area contributed by atoms with E-state index >= 15 is 4.39 Å². The Labute approximate surface area is 256 Å². The van der Waals surface area contributed by atoms with Crippen molar-refractivity contribution in [1.29, 1.82) is 0 Å². The fourth-order valence-corrected chi connectivity index (χ4v) is 7.25. The average molecular weight is 618 g/mol. The van der Waals surface area contributed by atoms with Gasteiger partial charge in [-0.05, 0) is 55.8 Å². The summed E-state index contributed by atoms with van der Waals surface area (Å²) < 4.78 is 52.0. The van der Waals surface area contributed by atoms with E-state index in [9.17, 15) is 23.8 Å². The summed E-state index contributed by atoms with van der Waals surface area (Å²) in [5, 5.41) is 20.9. The van der Waals surface area contributed by atoms with Gasteiger partial charge in [0.1, 0.15) is 41.4 Å². The summed E-state index contributed by atoms with van der Waals surface area (Å²) >= 11 is 0. The van der Waals surface area contributed by atoms with Gasteiger partial charge in [-0.2, -0.15) is 9.97 Å². The molecule has 2 atom stereocenters. The van der Waals surface area contributed by atoms with Crippen molar-refractivity contribution in [2.24, 2.45) is 5.92 Å². The Balaban J connectivity index is 1.36. The number of halogens is 3. The Morgan fingerprint density at radius 1 is 1.18 bits per heavy atom. The van der Waals surface area contributed by atoms with Crippen LogP contribution in [-0.2, 0) is 4.79 Å². The molecule has 0 radical (unpaired) electrons. The first-order chi connectivity index (χ1) is 21.7. The van der Waals surface area contributed by atoms with E-state index in [0.717, 1.165) is 19.4 Å². The maximum atomic E-state index is 16.7. The maximum Gasteiger partial charge on any atom is 0.319 e. The Hall–Kier alpha value is -4.63. The van der Waals surface area contributed by atoms with Crippen molar-refractivity contribution in [3.05, 3.63) is 47.7 Å². The van der Waals surface area contributed by atoms with Gasteiger partial charge < -0.3 is 19.8 Å². The van der Waals surface area contributed by atoms with Gasteiger partial charge in [-0.15, -0.1) is 6.42 Å². The highest BCUT2D eigenvalue weighted by Gasteiger charge is 2.49. The molecule has 4 aromatic rings. The monoisotopic (exact) mass is 617 g/mol. The number of rotatable bonds is 6. The van der Waals surface area contributed by atoms with Crippen LogP contribution in [0.15, 0.2) is 30.5 Å². The molecule has 0 amide bonds. The molecule has 7 rings (SSSR count). The van der Waals surface area contributed by atoms with Crippen molar-refractivity contribution in [2.45, 2.75) is 43.8 Å². The SMILES string of the molecule is C#Cc1c(F)ccc2cc(O)cc(-c3ncc4c(N5CCC(C(=O)O)CC5)nc(OC[C@@]56CCCN5C[C@H](F)C6)nc4c3F)c12. The largest absolute Gasteiger partial charge is 0.508 e. The first-order valence-corrected chi connectivity index (χ1v) is 15.0. The number of hydrogen-bond donors (Lipinski definition) is 2. The Bertz CT molecular complexity index is 1890. The number of alkyl halides is 1. The zero-order valence-corrected chi connectivity index (χ0v) is 24.3. The average Bonchev–Trinajstić information content (AvgIpc) is 3.55. The third-order valence-electron chi connectivity index (χ3n) is 9.47. The predicted molar refractivity (Wildman–Crippen MR) is 161 cm³/mol. The standard InChI is InChI=1S/C33H30F3N5O4/c1-2-22-25(35)5-4-19-12-21(42)13-23(26(19)22)28-27(36)29-24(15-37-28)30(40-10-6-18(7-11-40)31(43)44)39-32(38-29)45-17-33-8-3-9-41(33)16-20(34)14-33/h1,4-5,12-13,15,18,20,42H,3,6-11,14,16-17H2,(H,43,44)/t20-,33+/m1/s1. The van der Waals surface area contributed by atoms with E-state index in [1.807, 2.05) is 4.90 Å². The van der Waals surface area contributed by atoms with Gasteiger partial charge in [0.05, 0.1) is 22.4 Å². The molecule has 45 heavy (non-hydrogen) atoms. The second-order valence-corrected chi connectivity index (χ2v) is 12.1. The van der Waals surface area contributed by atoms with Crippen LogP contribution in [0.25, 0.3) is 32.9 Å². The molecule has 3 saturated heterocycles. The minimum atomic E-state index is -0.960. The molecule has 3 fully saturated rings. The first kappa shape index (κ1) is 29.1. The fourth-order valence-electron chi connectivity index (χ4n) is 7.25.